The minimum Gasteiger partial charge on any atom is -0.380 e. The number of pyridine rings is 1. The predicted molar refractivity (Wildman–Crippen MR) is 72.5 cm³/mol. The molecule has 1 aromatic carbocycles. The Hall–Kier alpha value is -2.55. The van der Waals surface area contributed by atoms with Crippen LogP contribution < -0.4 is 5.32 Å². The van der Waals surface area contributed by atoms with E-state index in [1.54, 1.807) is 19.1 Å². The maximum Gasteiger partial charge on any atom is 0.416 e. The smallest absolute Gasteiger partial charge is 0.380 e. The van der Waals surface area contributed by atoms with Crippen molar-refractivity contribution in [3.63, 3.8) is 0 Å². The van der Waals surface area contributed by atoms with Crippen LogP contribution in [0.2, 0.25) is 0 Å². The van der Waals surface area contributed by atoms with Crippen LogP contribution in [-0.2, 0) is 12.7 Å². The van der Waals surface area contributed by atoms with Gasteiger partial charge in [0.2, 0.25) is 0 Å². The van der Waals surface area contributed by atoms with E-state index in [9.17, 15) is 13.2 Å². The number of hydrogen-bond donors (Lipinski definition) is 1. The topological polar surface area (TPSA) is 48.7 Å². The molecule has 6 heteroatoms. The molecular weight excluding hydrogens is 279 g/mol. The zero-order chi connectivity index (χ0) is 15.5. The Morgan fingerprint density at radius 1 is 1.24 bits per heavy atom. The van der Waals surface area contributed by atoms with E-state index in [1.165, 1.54) is 12.3 Å². The van der Waals surface area contributed by atoms with Crippen LogP contribution in [-0.4, -0.2) is 4.98 Å². The fourth-order valence-corrected chi connectivity index (χ4v) is 1.83. The number of aryl methyl sites for hydroxylation is 1. The van der Waals surface area contributed by atoms with E-state index in [0.29, 0.717) is 23.5 Å². The summed E-state index contributed by atoms with van der Waals surface area (Å²) in [5.74, 6) is 0. The molecule has 1 heterocycles. The van der Waals surface area contributed by atoms with Crippen LogP contribution in [0.3, 0.4) is 0 Å². The van der Waals surface area contributed by atoms with Gasteiger partial charge in [-0.25, -0.2) is 4.98 Å². The number of hydrogen-bond acceptors (Lipinski definition) is 3. The minimum absolute atomic E-state index is 0.311. The summed E-state index contributed by atoms with van der Waals surface area (Å²) in [5, 5.41) is 11.7. The molecule has 1 N–H and O–H groups in total. The Kier molecular flexibility index (Phi) is 4.13. The van der Waals surface area contributed by atoms with Gasteiger partial charge in [0, 0.05) is 6.54 Å². The molecule has 0 bridgehead atoms. The number of benzene rings is 1. The predicted octanol–water partition coefficient (Wildman–Crippen LogP) is 3.89. The molecule has 0 atom stereocenters. The zero-order valence-corrected chi connectivity index (χ0v) is 11.2. The average molecular weight is 291 g/mol. The van der Waals surface area contributed by atoms with Gasteiger partial charge in [-0.15, -0.1) is 0 Å². The second-order valence-corrected chi connectivity index (χ2v) is 4.54. The third kappa shape index (κ3) is 3.72. The number of aromatic nitrogens is 1. The highest BCUT2D eigenvalue weighted by Gasteiger charge is 2.30. The van der Waals surface area contributed by atoms with Crippen LogP contribution >= 0.6 is 0 Å². The van der Waals surface area contributed by atoms with Crippen molar-refractivity contribution >= 4 is 5.69 Å². The molecule has 21 heavy (non-hydrogen) atoms. The lowest BCUT2D eigenvalue weighted by Crippen LogP contribution is -2.07. The van der Waals surface area contributed by atoms with Crippen molar-refractivity contribution in [2.45, 2.75) is 19.6 Å². The third-order valence-electron chi connectivity index (χ3n) is 3.03. The lowest BCUT2D eigenvalue weighted by atomic mass is 10.0. The van der Waals surface area contributed by atoms with E-state index in [2.05, 4.69) is 10.3 Å². The summed E-state index contributed by atoms with van der Waals surface area (Å²) in [6.07, 6.45) is -2.81. The van der Waals surface area contributed by atoms with Crippen LogP contribution in [0.1, 0.15) is 22.4 Å². The van der Waals surface area contributed by atoms with Crippen molar-refractivity contribution in [2.75, 3.05) is 5.32 Å². The Labute approximate surface area is 120 Å². The summed E-state index contributed by atoms with van der Waals surface area (Å²) >= 11 is 0. The van der Waals surface area contributed by atoms with Gasteiger partial charge in [0.25, 0.3) is 0 Å². The van der Waals surface area contributed by atoms with Gasteiger partial charge < -0.3 is 5.32 Å². The van der Waals surface area contributed by atoms with E-state index < -0.39 is 11.7 Å². The molecule has 0 amide bonds. The summed E-state index contributed by atoms with van der Waals surface area (Å²) < 4.78 is 37.7. The number of nitrogens with zero attached hydrogens (tertiary/aromatic N) is 2. The van der Waals surface area contributed by atoms with Gasteiger partial charge in [0.15, 0.2) is 0 Å². The third-order valence-corrected chi connectivity index (χ3v) is 3.03. The molecule has 0 unspecified atom stereocenters. The van der Waals surface area contributed by atoms with E-state index in [0.717, 1.165) is 17.7 Å². The SMILES string of the molecule is Cc1cc(C(F)(F)F)ccc1CNc1ccc(C#N)nc1. The number of anilines is 1. The fraction of sp³-hybridized carbons (Fsp3) is 0.200. The van der Waals surface area contributed by atoms with Crippen molar-refractivity contribution in [3.05, 3.63) is 58.9 Å². The monoisotopic (exact) mass is 291 g/mol. The van der Waals surface area contributed by atoms with E-state index in [4.69, 9.17) is 5.26 Å². The maximum absolute atomic E-state index is 12.6. The van der Waals surface area contributed by atoms with Crippen molar-refractivity contribution in [1.29, 1.82) is 5.26 Å². The molecule has 2 aromatic rings. The highest BCUT2D eigenvalue weighted by molar-refractivity contribution is 5.44. The second-order valence-electron chi connectivity index (χ2n) is 4.54. The summed E-state index contributed by atoms with van der Waals surface area (Å²) in [5.41, 5.74) is 1.70. The minimum atomic E-state index is -4.33. The summed E-state index contributed by atoms with van der Waals surface area (Å²) in [4.78, 5) is 3.91. The quantitative estimate of drug-likeness (QED) is 0.933. The number of rotatable bonds is 3. The van der Waals surface area contributed by atoms with Crippen molar-refractivity contribution in [3.8, 4) is 6.07 Å². The number of nitriles is 1. The first-order chi connectivity index (χ1) is 9.90. The molecular formula is C15H12F3N3. The van der Waals surface area contributed by atoms with Gasteiger partial charge in [-0.05, 0) is 42.3 Å². The second kappa shape index (κ2) is 5.83. The summed E-state index contributed by atoms with van der Waals surface area (Å²) in [7, 11) is 0. The summed E-state index contributed by atoms with van der Waals surface area (Å²) in [6.45, 7) is 2.03. The van der Waals surface area contributed by atoms with E-state index in [-0.39, 0.29) is 0 Å². The highest BCUT2D eigenvalue weighted by atomic mass is 19.4. The van der Waals surface area contributed by atoms with Gasteiger partial charge in [-0.3, -0.25) is 0 Å². The van der Waals surface area contributed by atoms with E-state index >= 15 is 0 Å². The van der Waals surface area contributed by atoms with Gasteiger partial charge in [0.05, 0.1) is 17.4 Å². The molecule has 1 aromatic heterocycles. The molecule has 0 spiro atoms. The standard InChI is InChI=1S/C15H12F3N3/c1-10-6-12(15(16,17)18)3-2-11(10)8-20-14-5-4-13(7-19)21-9-14/h2-6,9,20H,8H2,1H3. The number of nitrogens with one attached hydrogen (secondary N) is 1. The van der Waals surface area contributed by atoms with Crippen LogP contribution in [0.25, 0.3) is 0 Å². The first kappa shape index (κ1) is 14.9. The van der Waals surface area contributed by atoms with Gasteiger partial charge in [-0.2, -0.15) is 18.4 Å². The van der Waals surface area contributed by atoms with Crippen molar-refractivity contribution in [2.24, 2.45) is 0 Å². The molecule has 2 rings (SSSR count). The Bertz CT molecular complexity index is 670. The number of halogens is 3. The molecule has 0 aliphatic carbocycles. The lowest BCUT2D eigenvalue weighted by Gasteiger charge is -2.12. The van der Waals surface area contributed by atoms with Crippen LogP contribution in [0, 0.1) is 18.3 Å². The van der Waals surface area contributed by atoms with E-state index in [1.807, 2.05) is 6.07 Å². The molecule has 0 aliphatic heterocycles. The molecule has 108 valence electrons. The zero-order valence-electron chi connectivity index (χ0n) is 11.2. The van der Waals surface area contributed by atoms with Crippen molar-refractivity contribution < 1.29 is 13.2 Å². The van der Waals surface area contributed by atoms with Crippen molar-refractivity contribution in [1.82, 2.24) is 4.98 Å². The highest BCUT2D eigenvalue weighted by Crippen LogP contribution is 2.30. The molecule has 0 saturated heterocycles. The van der Waals surface area contributed by atoms with Crippen LogP contribution in [0.5, 0.6) is 0 Å². The van der Waals surface area contributed by atoms with Crippen LogP contribution in [0.15, 0.2) is 36.5 Å². The Balaban J connectivity index is 2.08. The maximum atomic E-state index is 12.6. The first-order valence-corrected chi connectivity index (χ1v) is 6.17. The Morgan fingerprint density at radius 2 is 2.00 bits per heavy atom. The first-order valence-electron chi connectivity index (χ1n) is 6.17. The summed E-state index contributed by atoms with van der Waals surface area (Å²) in [6, 6.07) is 8.85. The van der Waals surface area contributed by atoms with Gasteiger partial charge in [0.1, 0.15) is 11.8 Å². The number of alkyl halides is 3. The van der Waals surface area contributed by atoms with Crippen LogP contribution in [0.4, 0.5) is 18.9 Å². The van der Waals surface area contributed by atoms with Gasteiger partial charge >= 0.3 is 6.18 Å². The lowest BCUT2D eigenvalue weighted by molar-refractivity contribution is -0.137. The molecule has 0 aliphatic rings. The fourth-order valence-electron chi connectivity index (χ4n) is 1.83. The normalized spacial score (nSPS) is 11.0. The molecule has 3 nitrogen and oxygen atoms in total. The largest absolute Gasteiger partial charge is 0.416 e. The molecule has 0 fully saturated rings. The van der Waals surface area contributed by atoms with Gasteiger partial charge in [-0.1, -0.05) is 6.07 Å². The molecule has 0 radical (unpaired) electrons. The molecule has 0 saturated carbocycles. The Morgan fingerprint density at radius 3 is 2.52 bits per heavy atom. The average Bonchev–Trinajstić information content (AvgIpc) is 2.45.